The van der Waals surface area contributed by atoms with E-state index in [1.807, 2.05) is 18.0 Å². The molecule has 5 nitrogen and oxygen atoms in total. The SMILES string of the molecule is CC[C@H](CO)C(=O)N1CC2(CC(Cc3cc4c(ccn4C)cn3)C2)C1. The van der Waals surface area contributed by atoms with Gasteiger partial charge in [-0.15, -0.1) is 0 Å². The van der Waals surface area contributed by atoms with Crippen molar-refractivity contribution in [2.24, 2.45) is 24.3 Å². The zero-order valence-corrected chi connectivity index (χ0v) is 15.1. The van der Waals surface area contributed by atoms with Crippen molar-refractivity contribution in [1.82, 2.24) is 14.5 Å². The van der Waals surface area contributed by atoms with Crippen LogP contribution in [0.1, 0.15) is 31.9 Å². The van der Waals surface area contributed by atoms with Crippen molar-refractivity contribution >= 4 is 16.8 Å². The van der Waals surface area contributed by atoms with E-state index in [0.29, 0.717) is 11.3 Å². The maximum atomic E-state index is 12.3. The number of pyridine rings is 1. The van der Waals surface area contributed by atoms with Crippen LogP contribution >= 0.6 is 0 Å². The Hall–Kier alpha value is -1.88. The number of amides is 1. The number of rotatable bonds is 5. The fourth-order valence-electron chi connectivity index (χ4n) is 4.74. The molecule has 1 spiro atoms. The summed E-state index contributed by atoms with van der Waals surface area (Å²) in [4.78, 5) is 18.8. The van der Waals surface area contributed by atoms with E-state index < -0.39 is 0 Å². The van der Waals surface area contributed by atoms with Gasteiger partial charge in [-0.25, -0.2) is 0 Å². The monoisotopic (exact) mass is 341 g/mol. The molecule has 134 valence electrons. The molecule has 5 heteroatoms. The van der Waals surface area contributed by atoms with E-state index in [0.717, 1.165) is 25.9 Å². The minimum absolute atomic E-state index is 0.0330. The molecule has 0 radical (unpaired) electrons. The van der Waals surface area contributed by atoms with Crippen LogP contribution in [0.4, 0.5) is 0 Å². The van der Waals surface area contributed by atoms with E-state index in [4.69, 9.17) is 0 Å². The molecular formula is C20H27N3O2. The van der Waals surface area contributed by atoms with Gasteiger partial charge in [0.2, 0.25) is 5.91 Å². The summed E-state index contributed by atoms with van der Waals surface area (Å²) in [5, 5.41) is 10.5. The maximum absolute atomic E-state index is 12.3. The van der Waals surface area contributed by atoms with Gasteiger partial charge in [0.1, 0.15) is 0 Å². The molecule has 1 N–H and O–H groups in total. The lowest BCUT2D eigenvalue weighted by Gasteiger charge is -2.59. The summed E-state index contributed by atoms with van der Waals surface area (Å²) in [5.41, 5.74) is 2.77. The van der Waals surface area contributed by atoms with E-state index in [-0.39, 0.29) is 18.4 Å². The Morgan fingerprint density at radius 2 is 2.20 bits per heavy atom. The standard InChI is InChI=1S/C20H27N3O2/c1-3-15(11-24)19(25)23-12-20(13-23)8-14(9-20)6-17-7-18-16(10-21-17)4-5-22(18)2/h4-5,7,10,14-15,24H,3,6,8-9,11-13H2,1-2H3/t15-/m1/s1. The van der Waals surface area contributed by atoms with Crippen LogP contribution in [0.3, 0.4) is 0 Å². The lowest BCUT2D eigenvalue weighted by atomic mass is 9.56. The molecule has 1 amide bonds. The van der Waals surface area contributed by atoms with E-state index in [1.54, 1.807) is 0 Å². The van der Waals surface area contributed by atoms with Gasteiger partial charge in [-0.2, -0.15) is 0 Å². The molecule has 2 aliphatic rings. The van der Waals surface area contributed by atoms with E-state index in [9.17, 15) is 9.90 Å². The number of nitrogens with zero attached hydrogens (tertiary/aromatic N) is 3. The predicted molar refractivity (Wildman–Crippen MR) is 97.0 cm³/mol. The first-order chi connectivity index (χ1) is 12.0. The smallest absolute Gasteiger partial charge is 0.228 e. The number of fused-ring (bicyclic) bond motifs is 1. The molecule has 3 heterocycles. The first-order valence-corrected chi connectivity index (χ1v) is 9.33. The highest BCUT2D eigenvalue weighted by molar-refractivity contribution is 5.80. The second kappa shape index (κ2) is 6.13. The summed E-state index contributed by atoms with van der Waals surface area (Å²) in [5.74, 6) is 0.603. The normalized spacial score (nSPS) is 20.5. The second-order valence-corrected chi connectivity index (χ2v) is 8.12. The molecule has 1 saturated heterocycles. The number of carbonyl (C=O) groups excluding carboxylic acids is 1. The van der Waals surface area contributed by atoms with Crippen LogP contribution < -0.4 is 0 Å². The quantitative estimate of drug-likeness (QED) is 0.908. The lowest BCUT2D eigenvalue weighted by molar-refractivity contribution is -0.160. The van der Waals surface area contributed by atoms with Gasteiger partial charge in [-0.3, -0.25) is 9.78 Å². The number of hydrogen-bond donors (Lipinski definition) is 1. The molecule has 0 bridgehead atoms. The molecular weight excluding hydrogens is 314 g/mol. The molecule has 2 aromatic heterocycles. The Kier molecular flexibility index (Phi) is 4.07. The average molecular weight is 341 g/mol. The van der Waals surface area contributed by atoms with Crippen LogP contribution in [0, 0.1) is 17.3 Å². The van der Waals surface area contributed by atoms with Crippen LogP contribution in [0.15, 0.2) is 24.5 Å². The third kappa shape index (κ3) is 2.84. The molecule has 1 atom stereocenters. The topological polar surface area (TPSA) is 58.4 Å². The summed E-state index contributed by atoms with van der Waals surface area (Å²) in [6, 6.07) is 4.31. The number of aliphatic hydroxyl groups is 1. The number of aryl methyl sites for hydroxylation is 1. The predicted octanol–water partition coefficient (Wildman–Crippen LogP) is 2.37. The van der Waals surface area contributed by atoms with E-state index >= 15 is 0 Å². The van der Waals surface area contributed by atoms with Crippen molar-refractivity contribution in [1.29, 1.82) is 0 Å². The fraction of sp³-hybridized carbons (Fsp3) is 0.600. The number of hydrogen-bond acceptors (Lipinski definition) is 3. The average Bonchev–Trinajstić information content (AvgIpc) is 2.90. The van der Waals surface area contributed by atoms with E-state index in [1.165, 1.54) is 29.4 Å². The van der Waals surface area contributed by atoms with Gasteiger partial charge in [0.15, 0.2) is 0 Å². The Morgan fingerprint density at radius 1 is 1.44 bits per heavy atom. The highest BCUT2D eigenvalue weighted by Gasteiger charge is 2.53. The summed E-state index contributed by atoms with van der Waals surface area (Å²) in [7, 11) is 2.07. The zero-order valence-electron chi connectivity index (χ0n) is 15.1. The summed E-state index contributed by atoms with van der Waals surface area (Å²) in [6.07, 6.45) is 8.19. The van der Waals surface area contributed by atoms with E-state index in [2.05, 4.69) is 34.9 Å². The molecule has 2 aromatic rings. The van der Waals surface area contributed by atoms with Gasteiger partial charge in [-0.05, 0) is 43.7 Å². The highest BCUT2D eigenvalue weighted by atomic mass is 16.3. The maximum Gasteiger partial charge on any atom is 0.228 e. The zero-order chi connectivity index (χ0) is 17.6. The molecule has 2 fully saturated rings. The van der Waals surface area contributed by atoms with Crippen molar-refractivity contribution in [2.45, 2.75) is 32.6 Å². The molecule has 1 aliphatic carbocycles. The first kappa shape index (κ1) is 16.6. The van der Waals surface area contributed by atoms with Crippen LogP contribution in [0.25, 0.3) is 10.9 Å². The van der Waals surface area contributed by atoms with Crippen molar-refractivity contribution in [2.75, 3.05) is 19.7 Å². The fourth-order valence-corrected chi connectivity index (χ4v) is 4.74. The number of likely N-dealkylation sites (tertiary alicyclic amines) is 1. The molecule has 4 rings (SSSR count). The molecule has 0 unspecified atom stereocenters. The minimum Gasteiger partial charge on any atom is -0.396 e. The van der Waals surface area contributed by atoms with Crippen LogP contribution in [-0.2, 0) is 18.3 Å². The highest BCUT2D eigenvalue weighted by Crippen LogP contribution is 2.53. The van der Waals surface area contributed by atoms with Gasteiger partial charge < -0.3 is 14.6 Å². The van der Waals surface area contributed by atoms with Crippen molar-refractivity contribution < 1.29 is 9.90 Å². The first-order valence-electron chi connectivity index (χ1n) is 9.33. The van der Waals surface area contributed by atoms with Crippen molar-refractivity contribution in [3.63, 3.8) is 0 Å². The van der Waals surface area contributed by atoms with Crippen molar-refractivity contribution in [3.05, 3.63) is 30.2 Å². The minimum atomic E-state index is -0.213. The van der Waals surface area contributed by atoms with Crippen molar-refractivity contribution in [3.8, 4) is 0 Å². The summed E-state index contributed by atoms with van der Waals surface area (Å²) < 4.78 is 2.14. The van der Waals surface area contributed by atoms with Gasteiger partial charge in [0, 0.05) is 49.0 Å². The second-order valence-electron chi connectivity index (χ2n) is 8.12. The summed E-state index contributed by atoms with van der Waals surface area (Å²) >= 11 is 0. The molecule has 1 saturated carbocycles. The largest absolute Gasteiger partial charge is 0.396 e. The number of aromatic nitrogens is 2. The lowest BCUT2D eigenvalue weighted by Crippen LogP contribution is -2.64. The molecule has 1 aliphatic heterocycles. The van der Waals surface area contributed by atoms with Crippen LogP contribution in [0.5, 0.6) is 0 Å². The van der Waals surface area contributed by atoms with Gasteiger partial charge in [0.05, 0.1) is 18.0 Å². The van der Waals surface area contributed by atoms with Gasteiger partial charge >= 0.3 is 0 Å². The Labute approximate surface area is 148 Å². The van der Waals surface area contributed by atoms with Gasteiger partial charge in [-0.1, -0.05) is 6.92 Å². The number of aliphatic hydroxyl groups excluding tert-OH is 1. The molecule has 0 aromatic carbocycles. The molecule has 25 heavy (non-hydrogen) atoms. The third-order valence-corrected chi connectivity index (χ3v) is 6.19. The third-order valence-electron chi connectivity index (χ3n) is 6.19. The Balaban J connectivity index is 1.31. The van der Waals surface area contributed by atoms with Crippen LogP contribution in [-0.4, -0.2) is 45.2 Å². The summed E-state index contributed by atoms with van der Waals surface area (Å²) in [6.45, 7) is 3.69. The van der Waals surface area contributed by atoms with Gasteiger partial charge in [0.25, 0.3) is 0 Å². The Bertz CT molecular complexity index is 779. The van der Waals surface area contributed by atoms with Crippen LogP contribution in [0.2, 0.25) is 0 Å². The Morgan fingerprint density at radius 3 is 2.88 bits per heavy atom. The number of carbonyl (C=O) groups is 1.